The Bertz CT molecular complexity index is 126. The van der Waals surface area contributed by atoms with Crippen LogP contribution in [0.2, 0.25) is 0 Å². The van der Waals surface area contributed by atoms with Crippen molar-refractivity contribution in [2.24, 2.45) is 11.7 Å². The van der Waals surface area contributed by atoms with Gasteiger partial charge in [0.2, 0.25) is 0 Å². The fourth-order valence-electron chi connectivity index (χ4n) is 1.94. The van der Waals surface area contributed by atoms with E-state index in [2.05, 4.69) is 13.8 Å². The van der Waals surface area contributed by atoms with Crippen LogP contribution < -0.4 is 5.73 Å². The molecule has 0 aromatic rings. The van der Waals surface area contributed by atoms with E-state index in [1.54, 1.807) is 0 Å². The minimum absolute atomic E-state index is 0.00329. The second kappa shape index (κ2) is 4.24. The van der Waals surface area contributed by atoms with Crippen LogP contribution in [-0.2, 0) is 4.74 Å². The smallest absolute Gasteiger partial charge is 0.0647 e. The molecule has 2 N–H and O–H groups in total. The zero-order chi connectivity index (χ0) is 9.03. The molecular formula is C10H21NO. The van der Waals surface area contributed by atoms with Gasteiger partial charge in [-0.25, -0.2) is 0 Å². The van der Waals surface area contributed by atoms with E-state index in [1.807, 2.05) is 0 Å². The third-order valence-corrected chi connectivity index (χ3v) is 2.98. The van der Waals surface area contributed by atoms with Crippen LogP contribution in [0.3, 0.4) is 0 Å². The molecule has 2 nitrogen and oxygen atoms in total. The normalized spacial score (nSPS) is 30.0. The Morgan fingerprint density at radius 3 is 2.50 bits per heavy atom. The van der Waals surface area contributed by atoms with Crippen LogP contribution in [0.5, 0.6) is 0 Å². The summed E-state index contributed by atoms with van der Waals surface area (Å²) in [4.78, 5) is 0. The molecule has 2 heteroatoms. The topological polar surface area (TPSA) is 35.2 Å². The van der Waals surface area contributed by atoms with Crippen molar-refractivity contribution >= 4 is 0 Å². The predicted octanol–water partition coefficient (Wildman–Crippen LogP) is 1.93. The molecule has 0 amide bonds. The Hall–Kier alpha value is -0.0800. The van der Waals surface area contributed by atoms with Gasteiger partial charge in [0.1, 0.15) is 0 Å². The average Bonchev–Trinajstić information content (AvgIpc) is 2.48. The van der Waals surface area contributed by atoms with Gasteiger partial charge in [-0.2, -0.15) is 0 Å². The summed E-state index contributed by atoms with van der Waals surface area (Å²) >= 11 is 0. The van der Waals surface area contributed by atoms with Gasteiger partial charge in [-0.15, -0.1) is 0 Å². The first kappa shape index (κ1) is 10.0. The molecule has 1 aliphatic rings. The van der Waals surface area contributed by atoms with E-state index >= 15 is 0 Å². The highest BCUT2D eigenvalue weighted by Gasteiger charge is 2.31. The second-order valence-corrected chi connectivity index (χ2v) is 4.05. The van der Waals surface area contributed by atoms with Crippen LogP contribution in [0.25, 0.3) is 0 Å². The lowest BCUT2D eigenvalue weighted by Crippen LogP contribution is -2.42. The Kier molecular flexibility index (Phi) is 3.53. The summed E-state index contributed by atoms with van der Waals surface area (Å²) in [7, 11) is 0. The first-order valence-corrected chi connectivity index (χ1v) is 5.07. The molecule has 1 fully saturated rings. The molecule has 0 spiro atoms. The molecule has 1 unspecified atom stereocenters. The molecule has 1 heterocycles. The summed E-state index contributed by atoms with van der Waals surface area (Å²) in [5, 5.41) is 0. The maximum absolute atomic E-state index is 6.19. The number of rotatable bonds is 4. The van der Waals surface area contributed by atoms with Crippen molar-refractivity contribution in [1.29, 1.82) is 0 Å². The highest BCUT2D eigenvalue weighted by Crippen LogP contribution is 2.26. The summed E-state index contributed by atoms with van der Waals surface area (Å²) in [6.45, 7) is 6.11. The Labute approximate surface area is 75.5 Å². The number of nitrogens with two attached hydrogens (primary N) is 1. The molecule has 1 saturated heterocycles. The zero-order valence-electron chi connectivity index (χ0n) is 8.31. The van der Waals surface area contributed by atoms with Crippen LogP contribution in [0, 0.1) is 5.92 Å². The lowest BCUT2D eigenvalue weighted by atomic mass is 9.85. The van der Waals surface area contributed by atoms with Crippen molar-refractivity contribution in [3.8, 4) is 0 Å². The molecule has 12 heavy (non-hydrogen) atoms. The van der Waals surface area contributed by atoms with Crippen LogP contribution in [0.4, 0.5) is 0 Å². The Morgan fingerprint density at radius 2 is 2.08 bits per heavy atom. The summed E-state index contributed by atoms with van der Waals surface area (Å²) in [5.74, 6) is 0.789. The number of ether oxygens (including phenoxy) is 1. The highest BCUT2D eigenvalue weighted by atomic mass is 16.5. The van der Waals surface area contributed by atoms with Gasteiger partial charge in [0.25, 0.3) is 0 Å². The lowest BCUT2D eigenvalue weighted by Gasteiger charge is -2.26. The van der Waals surface area contributed by atoms with Gasteiger partial charge in [0.15, 0.2) is 0 Å². The van der Waals surface area contributed by atoms with Gasteiger partial charge in [-0.1, -0.05) is 26.7 Å². The fraction of sp³-hybridized carbons (Fsp3) is 1.00. The van der Waals surface area contributed by atoms with Crippen LogP contribution >= 0.6 is 0 Å². The van der Waals surface area contributed by atoms with E-state index in [4.69, 9.17) is 10.5 Å². The largest absolute Gasteiger partial charge is 0.379 e. The molecule has 0 aliphatic carbocycles. The van der Waals surface area contributed by atoms with Crippen molar-refractivity contribution in [2.75, 3.05) is 13.2 Å². The van der Waals surface area contributed by atoms with Gasteiger partial charge in [0, 0.05) is 12.1 Å². The van der Waals surface area contributed by atoms with Crippen LogP contribution in [-0.4, -0.2) is 18.8 Å². The molecule has 0 saturated carbocycles. The van der Waals surface area contributed by atoms with Crippen molar-refractivity contribution in [3.63, 3.8) is 0 Å². The number of hydrogen-bond donors (Lipinski definition) is 1. The van der Waals surface area contributed by atoms with E-state index in [0.717, 1.165) is 32.0 Å². The molecular weight excluding hydrogens is 150 g/mol. The van der Waals surface area contributed by atoms with Gasteiger partial charge >= 0.3 is 0 Å². The lowest BCUT2D eigenvalue weighted by molar-refractivity contribution is 0.168. The van der Waals surface area contributed by atoms with Crippen molar-refractivity contribution in [1.82, 2.24) is 0 Å². The van der Waals surface area contributed by atoms with Gasteiger partial charge < -0.3 is 10.5 Å². The Morgan fingerprint density at radius 1 is 1.42 bits per heavy atom. The molecule has 1 aliphatic heterocycles. The fourth-order valence-corrected chi connectivity index (χ4v) is 1.94. The van der Waals surface area contributed by atoms with Crippen LogP contribution in [0.1, 0.15) is 39.5 Å². The van der Waals surface area contributed by atoms with E-state index < -0.39 is 0 Å². The summed E-state index contributed by atoms with van der Waals surface area (Å²) in [5.41, 5.74) is 6.18. The zero-order valence-corrected chi connectivity index (χ0v) is 8.31. The molecule has 72 valence electrons. The third-order valence-electron chi connectivity index (χ3n) is 2.98. The van der Waals surface area contributed by atoms with E-state index in [0.29, 0.717) is 0 Å². The average molecular weight is 171 g/mol. The quantitative estimate of drug-likeness (QED) is 0.701. The van der Waals surface area contributed by atoms with Crippen LogP contribution in [0.15, 0.2) is 0 Å². The maximum atomic E-state index is 6.19. The summed E-state index contributed by atoms with van der Waals surface area (Å²) in [6, 6.07) is 0. The van der Waals surface area contributed by atoms with Gasteiger partial charge in [-0.05, 0) is 18.8 Å². The maximum Gasteiger partial charge on any atom is 0.0647 e. The second-order valence-electron chi connectivity index (χ2n) is 4.05. The number of hydrogen-bond acceptors (Lipinski definition) is 2. The summed E-state index contributed by atoms with van der Waals surface area (Å²) in [6.07, 6.45) is 4.68. The van der Waals surface area contributed by atoms with Gasteiger partial charge in [0.05, 0.1) is 6.61 Å². The molecule has 0 aromatic heterocycles. The molecule has 0 aromatic carbocycles. The third kappa shape index (κ3) is 2.46. The molecule has 1 atom stereocenters. The minimum Gasteiger partial charge on any atom is -0.379 e. The molecule has 0 radical (unpaired) electrons. The summed E-state index contributed by atoms with van der Waals surface area (Å²) < 4.78 is 5.32. The van der Waals surface area contributed by atoms with Gasteiger partial charge in [-0.3, -0.25) is 0 Å². The first-order valence-electron chi connectivity index (χ1n) is 5.07. The minimum atomic E-state index is -0.00329. The monoisotopic (exact) mass is 171 g/mol. The first-order chi connectivity index (χ1) is 5.70. The van der Waals surface area contributed by atoms with Crippen molar-refractivity contribution < 1.29 is 4.74 Å². The van der Waals surface area contributed by atoms with Crippen molar-refractivity contribution in [2.45, 2.75) is 45.1 Å². The van der Waals surface area contributed by atoms with E-state index in [1.165, 1.54) is 12.8 Å². The highest BCUT2D eigenvalue weighted by molar-refractivity contribution is 4.89. The standard InChI is InChI=1S/C10H21NO/c1-3-9(4-2)7-10(11)5-6-12-8-10/h9H,3-8,11H2,1-2H3. The van der Waals surface area contributed by atoms with E-state index in [-0.39, 0.29) is 5.54 Å². The molecule has 0 bridgehead atoms. The SMILES string of the molecule is CCC(CC)CC1(N)CCOC1. The van der Waals surface area contributed by atoms with Crippen molar-refractivity contribution in [3.05, 3.63) is 0 Å². The Balaban J connectivity index is 2.36. The predicted molar refractivity (Wildman–Crippen MR) is 51.0 cm³/mol. The van der Waals surface area contributed by atoms with E-state index in [9.17, 15) is 0 Å². The molecule has 1 rings (SSSR count).